The first kappa shape index (κ1) is 15.5. The second-order valence-corrected chi connectivity index (χ2v) is 6.19. The summed E-state index contributed by atoms with van der Waals surface area (Å²) in [6.07, 6.45) is 2.40. The summed E-state index contributed by atoms with van der Waals surface area (Å²) in [7, 11) is 2.19. The predicted molar refractivity (Wildman–Crippen MR) is 82.2 cm³/mol. The minimum Gasteiger partial charge on any atom is -0.310 e. The van der Waals surface area contributed by atoms with Gasteiger partial charge in [-0.25, -0.2) is 4.39 Å². The summed E-state index contributed by atoms with van der Waals surface area (Å²) >= 11 is 0. The summed E-state index contributed by atoms with van der Waals surface area (Å²) in [5.74, 6) is 1.66. The summed E-state index contributed by atoms with van der Waals surface area (Å²) in [6, 6.07) is 7.21. The molecule has 2 rings (SSSR count). The maximum Gasteiger partial charge on any atom is 0.123 e. The minimum absolute atomic E-state index is 0.148. The number of benzene rings is 1. The Labute approximate surface area is 122 Å². The summed E-state index contributed by atoms with van der Waals surface area (Å²) in [4.78, 5) is 2.41. The molecule has 1 aliphatic rings. The van der Waals surface area contributed by atoms with E-state index in [4.69, 9.17) is 0 Å². The van der Waals surface area contributed by atoms with Crippen molar-refractivity contribution in [3.63, 3.8) is 0 Å². The largest absolute Gasteiger partial charge is 0.310 e. The highest BCUT2D eigenvalue weighted by Gasteiger charge is 2.33. The van der Waals surface area contributed by atoms with E-state index in [1.165, 1.54) is 19.0 Å². The van der Waals surface area contributed by atoms with Gasteiger partial charge in [0.25, 0.3) is 0 Å². The second-order valence-electron chi connectivity index (χ2n) is 6.19. The molecule has 0 spiro atoms. The fourth-order valence-corrected chi connectivity index (χ4v) is 2.85. The van der Waals surface area contributed by atoms with Crippen LogP contribution in [0.15, 0.2) is 24.3 Å². The zero-order valence-electron chi connectivity index (χ0n) is 12.9. The highest BCUT2D eigenvalue weighted by atomic mass is 19.1. The number of nitrogens with one attached hydrogen (secondary N) is 1. The second kappa shape index (κ2) is 7.19. The van der Waals surface area contributed by atoms with Gasteiger partial charge in [0.05, 0.1) is 0 Å². The molecule has 1 aromatic rings. The van der Waals surface area contributed by atoms with Crippen molar-refractivity contribution in [1.29, 1.82) is 0 Å². The van der Waals surface area contributed by atoms with E-state index in [0.29, 0.717) is 0 Å². The van der Waals surface area contributed by atoms with E-state index in [0.717, 1.165) is 36.9 Å². The van der Waals surface area contributed by atoms with Crippen molar-refractivity contribution in [1.82, 2.24) is 10.2 Å². The van der Waals surface area contributed by atoms with Crippen LogP contribution in [0.2, 0.25) is 0 Å². The van der Waals surface area contributed by atoms with Crippen LogP contribution in [0.4, 0.5) is 4.39 Å². The van der Waals surface area contributed by atoms with Crippen molar-refractivity contribution in [2.75, 3.05) is 26.7 Å². The van der Waals surface area contributed by atoms with Crippen LogP contribution in [-0.4, -0.2) is 31.6 Å². The molecule has 0 saturated heterocycles. The van der Waals surface area contributed by atoms with Crippen LogP contribution in [0.25, 0.3) is 0 Å². The molecule has 1 N–H and O–H groups in total. The first-order valence-corrected chi connectivity index (χ1v) is 7.77. The van der Waals surface area contributed by atoms with E-state index >= 15 is 0 Å². The molecular formula is C17H27FN2. The van der Waals surface area contributed by atoms with Gasteiger partial charge >= 0.3 is 0 Å². The molecule has 0 heterocycles. The Balaban J connectivity index is 1.85. The lowest BCUT2D eigenvalue weighted by atomic mass is 10.0. The molecule has 1 aromatic carbocycles. The Kier molecular flexibility index (Phi) is 5.55. The molecular weight excluding hydrogens is 251 g/mol. The van der Waals surface area contributed by atoms with E-state index in [1.807, 2.05) is 6.07 Å². The van der Waals surface area contributed by atoms with Gasteiger partial charge in [0.1, 0.15) is 5.82 Å². The van der Waals surface area contributed by atoms with Gasteiger partial charge in [0.15, 0.2) is 0 Å². The van der Waals surface area contributed by atoms with Gasteiger partial charge in [-0.05, 0) is 62.5 Å². The number of rotatable bonds is 8. The summed E-state index contributed by atoms with van der Waals surface area (Å²) < 4.78 is 13.4. The standard InChI is InChI=1S/C17H27FN2/c1-4-19-17(14-6-5-7-16(18)11-14)8-9-20(3)12-15-10-13(15)2/h5-7,11,13,15,17,19H,4,8-10,12H2,1-3H3. The number of hydrogen-bond donors (Lipinski definition) is 1. The van der Waals surface area contributed by atoms with Crippen molar-refractivity contribution in [3.8, 4) is 0 Å². The lowest BCUT2D eigenvalue weighted by Gasteiger charge is -2.23. The van der Waals surface area contributed by atoms with E-state index < -0.39 is 0 Å². The molecule has 1 saturated carbocycles. The maximum atomic E-state index is 13.4. The average molecular weight is 278 g/mol. The Hall–Kier alpha value is -0.930. The van der Waals surface area contributed by atoms with Gasteiger partial charge < -0.3 is 10.2 Å². The number of nitrogens with zero attached hydrogens (tertiary/aromatic N) is 1. The van der Waals surface area contributed by atoms with Crippen LogP contribution < -0.4 is 5.32 Å². The highest BCUT2D eigenvalue weighted by Crippen LogP contribution is 2.38. The Bertz CT molecular complexity index is 421. The quantitative estimate of drug-likeness (QED) is 0.783. The lowest BCUT2D eigenvalue weighted by molar-refractivity contribution is 0.293. The molecule has 1 aliphatic carbocycles. The van der Waals surface area contributed by atoms with Gasteiger partial charge in [-0.15, -0.1) is 0 Å². The predicted octanol–water partition coefficient (Wildman–Crippen LogP) is 3.45. The van der Waals surface area contributed by atoms with Gasteiger partial charge in [-0.2, -0.15) is 0 Å². The molecule has 3 atom stereocenters. The fraction of sp³-hybridized carbons (Fsp3) is 0.647. The number of halogens is 1. The SMILES string of the molecule is CCNC(CCN(C)CC1CC1C)c1cccc(F)c1. The van der Waals surface area contributed by atoms with E-state index in [1.54, 1.807) is 12.1 Å². The van der Waals surface area contributed by atoms with Crippen molar-refractivity contribution in [2.45, 2.75) is 32.7 Å². The minimum atomic E-state index is -0.148. The van der Waals surface area contributed by atoms with Gasteiger partial charge in [0, 0.05) is 12.6 Å². The molecule has 0 aliphatic heterocycles. The first-order chi connectivity index (χ1) is 9.60. The molecule has 0 aromatic heterocycles. The Morgan fingerprint density at radius 3 is 2.80 bits per heavy atom. The van der Waals surface area contributed by atoms with E-state index in [2.05, 4.69) is 31.1 Å². The van der Waals surface area contributed by atoms with E-state index in [9.17, 15) is 4.39 Å². The third-order valence-corrected chi connectivity index (χ3v) is 4.32. The van der Waals surface area contributed by atoms with Crippen LogP contribution >= 0.6 is 0 Å². The highest BCUT2D eigenvalue weighted by molar-refractivity contribution is 5.20. The summed E-state index contributed by atoms with van der Waals surface area (Å²) in [5.41, 5.74) is 1.06. The number of hydrogen-bond acceptors (Lipinski definition) is 2. The van der Waals surface area contributed by atoms with Gasteiger partial charge in [-0.1, -0.05) is 26.0 Å². The van der Waals surface area contributed by atoms with Crippen LogP contribution in [0.5, 0.6) is 0 Å². The molecule has 3 heteroatoms. The normalized spacial score (nSPS) is 23.1. The molecule has 0 radical (unpaired) electrons. The van der Waals surface area contributed by atoms with Gasteiger partial charge in [0.2, 0.25) is 0 Å². The van der Waals surface area contributed by atoms with Crippen LogP contribution in [0, 0.1) is 17.7 Å². The van der Waals surface area contributed by atoms with E-state index in [-0.39, 0.29) is 11.9 Å². The van der Waals surface area contributed by atoms with Crippen LogP contribution in [-0.2, 0) is 0 Å². The monoisotopic (exact) mass is 278 g/mol. The molecule has 0 amide bonds. The van der Waals surface area contributed by atoms with Crippen molar-refractivity contribution in [3.05, 3.63) is 35.6 Å². The lowest BCUT2D eigenvalue weighted by Crippen LogP contribution is -2.28. The first-order valence-electron chi connectivity index (χ1n) is 7.77. The molecule has 2 nitrogen and oxygen atoms in total. The average Bonchev–Trinajstić information content (AvgIpc) is 3.10. The molecule has 3 unspecified atom stereocenters. The molecule has 20 heavy (non-hydrogen) atoms. The van der Waals surface area contributed by atoms with Crippen LogP contribution in [0.1, 0.15) is 38.3 Å². The topological polar surface area (TPSA) is 15.3 Å². The van der Waals surface area contributed by atoms with Gasteiger partial charge in [-0.3, -0.25) is 0 Å². The van der Waals surface area contributed by atoms with Crippen LogP contribution in [0.3, 0.4) is 0 Å². The fourth-order valence-electron chi connectivity index (χ4n) is 2.85. The molecule has 1 fully saturated rings. The summed E-state index contributed by atoms with van der Waals surface area (Å²) in [5, 5.41) is 3.47. The van der Waals surface area contributed by atoms with Crippen molar-refractivity contribution in [2.24, 2.45) is 11.8 Å². The van der Waals surface area contributed by atoms with Crippen molar-refractivity contribution < 1.29 is 4.39 Å². The molecule has 0 bridgehead atoms. The zero-order valence-corrected chi connectivity index (χ0v) is 12.9. The Morgan fingerprint density at radius 1 is 1.45 bits per heavy atom. The summed E-state index contributed by atoms with van der Waals surface area (Å²) in [6.45, 7) is 7.58. The smallest absolute Gasteiger partial charge is 0.123 e. The third kappa shape index (κ3) is 4.57. The Morgan fingerprint density at radius 2 is 2.20 bits per heavy atom. The zero-order chi connectivity index (χ0) is 14.5. The third-order valence-electron chi connectivity index (χ3n) is 4.32. The van der Waals surface area contributed by atoms with Crippen molar-refractivity contribution >= 4 is 0 Å². The maximum absolute atomic E-state index is 13.4. The molecule has 112 valence electrons.